The third-order valence-electron chi connectivity index (χ3n) is 2.04. The minimum atomic E-state index is -0.0964. The van der Waals surface area contributed by atoms with Gasteiger partial charge in [0.15, 0.2) is 0 Å². The Morgan fingerprint density at radius 1 is 1.36 bits per heavy atom. The van der Waals surface area contributed by atoms with Crippen molar-refractivity contribution in [3.05, 3.63) is 35.9 Å². The minimum Gasteiger partial charge on any atom is -0.249 e. The normalized spacial score (nSPS) is 14.9. The number of hydrazone groups is 1. The average molecular weight is 190 g/mol. The number of hydrogen-bond donors (Lipinski definition) is 2. The van der Waals surface area contributed by atoms with Crippen LogP contribution >= 0.6 is 0 Å². The van der Waals surface area contributed by atoms with E-state index in [0.717, 1.165) is 5.56 Å². The molecule has 2 amide bonds. The van der Waals surface area contributed by atoms with E-state index in [-0.39, 0.29) is 6.03 Å². The van der Waals surface area contributed by atoms with Crippen LogP contribution < -0.4 is 10.7 Å². The highest BCUT2D eigenvalue weighted by atomic mass is 16.2. The second-order valence-electron chi connectivity index (χ2n) is 3.06. The molecule has 2 rings (SSSR count). The number of nitrogens with one attached hydrogen (secondary N) is 2. The molecule has 0 radical (unpaired) electrons. The molecule has 0 aliphatic carbocycles. The number of urea groups is 1. The quantitative estimate of drug-likeness (QED) is 0.682. The fourth-order valence-corrected chi connectivity index (χ4v) is 1.30. The van der Waals surface area contributed by atoms with Gasteiger partial charge in [-0.05, 0) is 5.56 Å². The summed E-state index contributed by atoms with van der Waals surface area (Å²) in [6, 6.07) is 9.86. The highest BCUT2D eigenvalue weighted by Gasteiger charge is 2.20. The summed E-state index contributed by atoms with van der Waals surface area (Å²) in [6.45, 7) is 1.26. The molecule has 0 fully saturated rings. The molecule has 2 N–H and O–H groups in total. The van der Waals surface area contributed by atoms with Crippen LogP contribution in [0.1, 0.15) is 5.56 Å². The van der Waals surface area contributed by atoms with Crippen LogP contribution in [-0.2, 0) is 6.54 Å². The largest absolute Gasteiger partial charge is 0.514 e. The van der Waals surface area contributed by atoms with Crippen LogP contribution in [0.3, 0.4) is 0 Å². The van der Waals surface area contributed by atoms with Crippen molar-refractivity contribution in [3.63, 3.8) is 0 Å². The lowest BCUT2D eigenvalue weighted by Gasteiger charge is -2.02. The van der Waals surface area contributed by atoms with Crippen molar-refractivity contribution >= 4 is 12.2 Å². The molecule has 0 atom stereocenters. The summed E-state index contributed by atoms with van der Waals surface area (Å²) in [5.41, 5.74) is 4.17. The lowest BCUT2D eigenvalue weighted by Crippen LogP contribution is -2.34. The summed E-state index contributed by atoms with van der Waals surface area (Å²) >= 11 is 0. The molecule has 1 aliphatic rings. The molecule has 4 heteroatoms. The van der Waals surface area contributed by atoms with E-state index < -0.39 is 0 Å². The molecule has 0 spiro atoms. The van der Waals surface area contributed by atoms with Crippen molar-refractivity contribution in [3.8, 4) is 0 Å². The first-order chi connectivity index (χ1) is 6.86. The van der Waals surface area contributed by atoms with E-state index in [9.17, 15) is 4.79 Å². The van der Waals surface area contributed by atoms with Crippen molar-refractivity contribution < 1.29 is 9.48 Å². The number of hydrogen-bond acceptors (Lipinski definition) is 2. The van der Waals surface area contributed by atoms with E-state index in [1.165, 1.54) is 4.68 Å². The van der Waals surface area contributed by atoms with E-state index >= 15 is 0 Å². The molecule has 14 heavy (non-hydrogen) atoms. The van der Waals surface area contributed by atoms with Gasteiger partial charge in [0.25, 0.3) is 0 Å². The highest BCUT2D eigenvalue weighted by molar-refractivity contribution is 5.78. The van der Waals surface area contributed by atoms with Crippen LogP contribution in [0.25, 0.3) is 0 Å². The first-order valence-corrected chi connectivity index (χ1v) is 4.54. The molecular formula is C10H12N3O+. The molecular weight excluding hydrogens is 178 g/mol. The van der Waals surface area contributed by atoms with Crippen molar-refractivity contribution in [1.29, 1.82) is 0 Å². The van der Waals surface area contributed by atoms with E-state index in [0.29, 0.717) is 13.1 Å². The Morgan fingerprint density at radius 3 is 2.79 bits per heavy atom. The third-order valence-corrected chi connectivity index (χ3v) is 2.04. The Morgan fingerprint density at radius 2 is 2.14 bits per heavy atom. The third kappa shape index (κ3) is 1.90. The summed E-state index contributed by atoms with van der Waals surface area (Å²) in [4.78, 5) is 11.1. The molecule has 1 aromatic carbocycles. The van der Waals surface area contributed by atoms with Crippen LogP contribution in [-0.4, -0.2) is 23.5 Å². The number of amides is 2. The summed E-state index contributed by atoms with van der Waals surface area (Å²) in [6.07, 6.45) is 1.78. The molecule has 1 aliphatic heterocycles. The van der Waals surface area contributed by atoms with Gasteiger partial charge in [-0.15, -0.1) is 0 Å². The molecule has 0 unspecified atom stereocenters. The van der Waals surface area contributed by atoms with Gasteiger partial charge in [0.2, 0.25) is 0 Å². The minimum absolute atomic E-state index is 0.0964. The molecule has 1 heterocycles. The Balaban J connectivity index is 1.92. The Labute approximate surface area is 82.2 Å². The summed E-state index contributed by atoms with van der Waals surface area (Å²) in [7, 11) is 0. The van der Waals surface area contributed by atoms with Gasteiger partial charge >= 0.3 is 6.03 Å². The van der Waals surface area contributed by atoms with Crippen LogP contribution in [0.5, 0.6) is 0 Å². The van der Waals surface area contributed by atoms with Crippen LogP contribution in [0.2, 0.25) is 0 Å². The van der Waals surface area contributed by atoms with Gasteiger partial charge < -0.3 is 0 Å². The van der Waals surface area contributed by atoms with E-state index in [1.807, 2.05) is 30.3 Å². The lowest BCUT2D eigenvalue weighted by atomic mass is 10.2. The van der Waals surface area contributed by atoms with E-state index in [4.69, 9.17) is 0 Å². The molecule has 4 nitrogen and oxygen atoms in total. The topological polar surface area (TPSA) is 44.1 Å². The van der Waals surface area contributed by atoms with Gasteiger partial charge in [-0.1, -0.05) is 35.0 Å². The Hall–Kier alpha value is -1.84. The zero-order valence-corrected chi connectivity index (χ0v) is 7.73. The number of hydrazine groups is 1. The Bertz CT molecular complexity index is 359. The van der Waals surface area contributed by atoms with Gasteiger partial charge in [-0.25, -0.2) is 10.7 Å². The number of nitrogens with zero attached hydrogens (tertiary/aromatic N) is 1. The standard InChI is InChI=1S/C10H11N3O/c14-10-11-6-7-13(10)12-8-9-4-2-1-3-5-9/h1-5,7,12H,6,8H2/p+1. The number of carbonyl (C=O) groups excluding carboxylic acids is 1. The van der Waals surface area contributed by atoms with Crippen molar-refractivity contribution in [2.24, 2.45) is 0 Å². The average Bonchev–Trinajstić information content (AvgIpc) is 2.63. The molecule has 72 valence electrons. The predicted molar refractivity (Wildman–Crippen MR) is 53.0 cm³/mol. The highest BCUT2D eigenvalue weighted by Crippen LogP contribution is 1.97. The second kappa shape index (κ2) is 3.91. The molecule has 0 aromatic heterocycles. The van der Waals surface area contributed by atoms with Crippen LogP contribution in [0.15, 0.2) is 30.3 Å². The van der Waals surface area contributed by atoms with Crippen molar-refractivity contribution in [1.82, 2.24) is 10.7 Å². The monoisotopic (exact) mass is 190 g/mol. The zero-order valence-electron chi connectivity index (χ0n) is 7.73. The molecule has 0 saturated carbocycles. The molecule has 0 saturated heterocycles. The molecule has 0 bridgehead atoms. The molecule has 1 aromatic rings. The van der Waals surface area contributed by atoms with E-state index in [2.05, 4.69) is 10.7 Å². The summed E-state index contributed by atoms with van der Waals surface area (Å²) in [5, 5.41) is 2.67. The Kier molecular flexibility index (Phi) is 2.44. The maximum atomic E-state index is 11.1. The smallest absolute Gasteiger partial charge is 0.249 e. The fourth-order valence-electron chi connectivity index (χ4n) is 1.30. The predicted octanol–water partition coefficient (Wildman–Crippen LogP) is 0.498. The number of carbonyl (C=O) groups is 1. The first-order valence-electron chi connectivity index (χ1n) is 4.54. The SMILES string of the molecule is O=C1NCC=[N+]1NCc1ccccc1. The van der Waals surface area contributed by atoms with Gasteiger partial charge in [-0.3, -0.25) is 0 Å². The van der Waals surface area contributed by atoms with Gasteiger partial charge in [0.05, 0.1) is 6.54 Å². The second-order valence-corrected chi connectivity index (χ2v) is 3.06. The number of rotatable bonds is 3. The summed E-state index contributed by atoms with van der Waals surface area (Å²) in [5.74, 6) is 0. The maximum absolute atomic E-state index is 11.1. The first kappa shape index (κ1) is 8.74. The van der Waals surface area contributed by atoms with Crippen LogP contribution in [0.4, 0.5) is 4.79 Å². The van der Waals surface area contributed by atoms with Crippen molar-refractivity contribution in [2.45, 2.75) is 6.54 Å². The lowest BCUT2D eigenvalue weighted by molar-refractivity contribution is -0.487. The number of benzene rings is 1. The van der Waals surface area contributed by atoms with E-state index in [1.54, 1.807) is 6.21 Å². The maximum Gasteiger partial charge on any atom is 0.514 e. The van der Waals surface area contributed by atoms with Gasteiger partial charge in [-0.2, -0.15) is 4.79 Å². The fraction of sp³-hybridized carbons (Fsp3) is 0.200. The summed E-state index contributed by atoms with van der Waals surface area (Å²) < 4.78 is 1.48. The van der Waals surface area contributed by atoms with Crippen molar-refractivity contribution in [2.75, 3.05) is 6.54 Å². The van der Waals surface area contributed by atoms with Crippen LogP contribution in [0, 0.1) is 0 Å². The van der Waals surface area contributed by atoms with Gasteiger partial charge in [0, 0.05) is 0 Å². The zero-order chi connectivity index (χ0) is 9.80. The van der Waals surface area contributed by atoms with Gasteiger partial charge in [0.1, 0.15) is 12.8 Å².